The molecule has 2 rings (SSSR count). The van der Waals surface area contributed by atoms with Gasteiger partial charge in [0.1, 0.15) is 5.69 Å². The largest absolute Gasteiger partial charge is 0.350 e. The van der Waals surface area contributed by atoms with Crippen LogP contribution >= 0.6 is 0 Å². The second-order valence-corrected chi connectivity index (χ2v) is 4.93. The third kappa shape index (κ3) is 3.47. The van der Waals surface area contributed by atoms with E-state index in [1.165, 1.54) is 0 Å². The number of nitrogens with one attached hydrogen (secondary N) is 2. The van der Waals surface area contributed by atoms with Crippen molar-refractivity contribution in [1.29, 1.82) is 0 Å². The van der Waals surface area contributed by atoms with Gasteiger partial charge in [0.05, 0.1) is 5.69 Å². The van der Waals surface area contributed by atoms with Crippen molar-refractivity contribution in [2.45, 2.75) is 26.7 Å². The number of rotatable bonds is 6. The van der Waals surface area contributed by atoms with Crippen molar-refractivity contribution >= 4 is 5.91 Å². The number of benzene rings is 1. The topological polar surface area (TPSA) is 57.8 Å². The molecule has 0 atom stereocenters. The number of aromatic nitrogens is 2. The summed E-state index contributed by atoms with van der Waals surface area (Å²) in [5, 5.41) is 9.95. The molecule has 1 heterocycles. The molecule has 106 valence electrons. The number of carbonyl (C=O) groups is 1. The first-order valence-corrected chi connectivity index (χ1v) is 7.13. The first-order chi connectivity index (χ1) is 9.74. The lowest BCUT2D eigenvalue weighted by Crippen LogP contribution is -2.29. The van der Waals surface area contributed by atoms with E-state index in [1.54, 1.807) is 6.07 Å². The van der Waals surface area contributed by atoms with Gasteiger partial charge in [-0.25, -0.2) is 0 Å². The molecule has 0 aliphatic rings. The SMILES string of the molecule is CCC(CC)CNC(=O)c1cc(-c2ccccc2)n[nH]1. The second-order valence-electron chi connectivity index (χ2n) is 4.93. The Balaban J connectivity index is 2.00. The van der Waals surface area contributed by atoms with Crippen LogP contribution in [0.25, 0.3) is 11.3 Å². The molecule has 1 amide bonds. The van der Waals surface area contributed by atoms with E-state index in [-0.39, 0.29) is 5.91 Å². The number of hydrogen-bond acceptors (Lipinski definition) is 2. The van der Waals surface area contributed by atoms with E-state index in [1.807, 2.05) is 30.3 Å². The molecule has 0 aliphatic carbocycles. The first-order valence-electron chi connectivity index (χ1n) is 7.13. The number of hydrogen-bond donors (Lipinski definition) is 2. The number of H-pyrrole nitrogens is 1. The normalized spacial score (nSPS) is 10.8. The van der Waals surface area contributed by atoms with Crippen LogP contribution in [0.2, 0.25) is 0 Å². The fourth-order valence-electron chi connectivity index (χ4n) is 2.10. The van der Waals surface area contributed by atoms with Crippen molar-refractivity contribution in [3.8, 4) is 11.3 Å². The molecule has 4 heteroatoms. The van der Waals surface area contributed by atoms with Crippen molar-refractivity contribution in [3.63, 3.8) is 0 Å². The van der Waals surface area contributed by atoms with Crippen LogP contribution in [0.4, 0.5) is 0 Å². The molecule has 2 aromatic rings. The predicted molar refractivity (Wildman–Crippen MR) is 80.4 cm³/mol. The fraction of sp³-hybridized carbons (Fsp3) is 0.375. The number of aromatic amines is 1. The van der Waals surface area contributed by atoms with Gasteiger partial charge in [0.15, 0.2) is 0 Å². The first kappa shape index (κ1) is 14.3. The molecule has 0 aliphatic heterocycles. The lowest BCUT2D eigenvalue weighted by molar-refractivity contribution is 0.0941. The molecular weight excluding hydrogens is 250 g/mol. The molecule has 1 aromatic heterocycles. The van der Waals surface area contributed by atoms with Gasteiger partial charge in [-0.3, -0.25) is 9.89 Å². The molecule has 0 fully saturated rings. The van der Waals surface area contributed by atoms with Crippen LogP contribution in [-0.4, -0.2) is 22.6 Å². The zero-order chi connectivity index (χ0) is 14.4. The standard InChI is InChI=1S/C16H21N3O/c1-3-12(4-2)11-17-16(20)15-10-14(18-19-15)13-8-6-5-7-9-13/h5-10,12H,3-4,11H2,1-2H3,(H,17,20)(H,18,19). The minimum absolute atomic E-state index is 0.0911. The summed E-state index contributed by atoms with van der Waals surface area (Å²) < 4.78 is 0. The predicted octanol–water partition coefficient (Wildman–Crippen LogP) is 3.24. The van der Waals surface area contributed by atoms with Gasteiger partial charge in [0, 0.05) is 12.1 Å². The molecule has 0 radical (unpaired) electrons. The van der Waals surface area contributed by atoms with Crippen LogP contribution < -0.4 is 5.32 Å². The fourth-order valence-corrected chi connectivity index (χ4v) is 2.10. The minimum atomic E-state index is -0.0911. The third-order valence-electron chi connectivity index (χ3n) is 3.60. The zero-order valence-corrected chi connectivity index (χ0v) is 12.0. The van der Waals surface area contributed by atoms with Gasteiger partial charge in [0.2, 0.25) is 0 Å². The molecule has 0 spiro atoms. The van der Waals surface area contributed by atoms with E-state index in [4.69, 9.17) is 0 Å². The van der Waals surface area contributed by atoms with Gasteiger partial charge < -0.3 is 5.32 Å². The van der Waals surface area contributed by atoms with Crippen LogP contribution in [0.15, 0.2) is 36.4 Å². The van der Waals surface area contributed by atoms with E-state index in [2.05, 4.69) is 29.4 Å². The molecule has 0 unspecified atom stereocenters. The maximum Gasteiger partial charge on any atom is 0.269 e. The summed E-state index contributed by atoms with van der Waals surface area (Å²) in [7, 11) is 0. The lowest BCUT2D eigenvalue weighted by Gasteiger charge is -2.12. The molecular formula is C16H21N3O. The Hall–Kier alpha value is -2.10. The molecule has 0 saturated carbocycles. The molecule has 1 aromatic carbocycles. The third-order valence-corrected chi connectivity index (χ3v) is 3.60. The van der Waals surface area contributed by atoms with E-state index >= 15 is 0 Å². The highest BCUT2D eigenvalue weighted by atomic mass is 16.1. The summed E-state index contributed by atoms with van der Waals surface area (Å²) in [6, 6.07) is 11.6. The molecule has 0 bridgehead atoms. The van der Waals surface area contributed by atoms with E-state index in [9.17, 15) is 4.79 Å². The molecule has 4 nitrogen and oxygen atoms in total. The number of nitrogens with zero attached hydrogens (tertiary/aromatic N) is 1. The smallest absolute Gasteiger partial charge is 0.269 e. The van der Waals surface area contributed by atoms with Crippen LogP contribution in [-0.2, 0) is 0 Å². The van der Waals surface area contributed by atoms with Crippen LogP contribution in [0, 0.1) is 5.92 Å². The maximum atomic E-state index is 12.0. The Bertz CT molecular complexity index is 544. The second kappa shape index (κ2) is 6.89. The van der Waals surface area contributed by atoms with Gasteiger partial charge in [-0.2, -0.15) is 5.10 Å². The summed E-state index contributed by atoms with van der Waals surface area (Å²) in [6.45, 7) is 5.00. The van der Waals surface area contributed by atoms with E-state index in [0.29, 0.717) is 18.2 Å². The Labute approximate surface area is 119 Å². The summed E-state index contributed by atoms with van der Waals surface area (Å²) >= 11 is 0. The van der Waals surface area contributed by atoms with Gasteiger partial charge in [-0.1, -0.05) is 57.0 Å². The van der Waals surface area contributed by atoms with Gasteiger partial charge >= 0.3 is 0 Å². The van der Waals surface area contributed by atoms with Gasteiger partial charge in [-0.15, -0.1) is 0 Å². The number of carbonyl (C=O) groups excluding carboxylic acids is 1. The quantitative estimate of drug-likeness (QED) is 0.847. The maximum absolute atomic E-state index is 12.0. The summed E-state index contributed by atoms with van der Waals surface area (Å²) in [4.78, 5) is 12.0. The summed E-state index contributed by atoms with van der Waals surface area (Å²) in [5.74, 6) is 0.446. The molecule has 0 saturated heterocycles. The Kier molecular flexibility index (Phi) is 4.93. The number of amides is 1. The minimum Gasteiger partial charge on any atom is -0.350 e. The van der Waals surface area contributed by atoms with Crippen LogP contribution in [0.1, 0.15) is 37.2 Å². The molecule has 20 heavy (non-hydrogen) atoms. The van der Waals surface area contributed by atoms with E-state index in [0.717, 1.165) is 24.1 Å². The monoisotopic (exact) mass is 271 g/mol. The summed E-state index contributed by atoms with van der Waals surface area (Å²) in [5.41, 5.74) is 2.30. The van der Waals surface area contributed by atoms with Crippen LogP contribution in [0.5, 0.6) is 0 Å². The highest BCUT2D eigenvalue weighted by molar-refractivity contribution is 5.93. The average Bonchev–Trinajstić information content (AvgIpc) is 2.99. The molecule has 2 N–H and O–H groups in total. The zero-order valence-electron chi connectivity index (χ0n) is 12.0. The van der Waals surface area contributed by atoms with Crippen molar-refractivity contribution in [2.75, 3.05) is 6.54 Å². The van der Waals surface area contributed by atoms with Gasteiger partial charge in [0.25, 0.3) is 5.91 Å². The Morgan fingerprint density at radius 3 is 2.60 bits per heavy atom. The van der Waals surface area contributed by atoms with Crippen LogP contribution in [0.3, 0.4) is 0 Å². The lowest BCUT2D eigenvalue weighted by atomic mass is 10.0. The average molecular weight is 271 g/mol. The summed E-state index contributed by atoms with van der Waals surface area (Å²) in [6.07, 6.45) is 2.16. The Morgan fingerprint density at radius 2 is 1.95 bits per heavy atom. The van der Waals surface area contributed by atoms with Crippen molar-refractivity contribution in [3.05, 3.63) is 42.1 Å². The van der Waals surface area contributed by atoms with Gasteiger partial charge in [-0.05, 0) is 12.0 Å². The Morgan fingerprint density at radius 1 is 1.25 bits per heavy atom. The van der Waals surface area contributed by atoms with Crippen molar-refractivity contribution < 1.29 is 4.79 Å². The van der Waals surface area contributed by atoms with E-state index < -0.39 is 0 Å². The highest BCUT2D eigenvalue weighted by Gasteiger charge is 2.12. The highest BCUT2D eigenvalue weighted by Crippen LogP contribution is 2.16. The van der Waals surface area contributed by atoms with Crippen molar-refractivity contribution in [1.82, 2.24) is 15.5 Å². The van der Waals surface area contributed by atoms with Crippen molar-refractivity contribution in [2.24, 2.45) is 5.92 Å².